The van der Waals surface area contributed by atoms with E-state index in [1.807, 2.05) is 0 Å². The topological polar surface area (TPSA) is 46.5 Å². The number of Topliss-reactive ketones (excluding diaryl/α,β-unsaturated/α-hetero) is 1. The highest BCUT2D eigenvalue weighted by atomic mass is 28.4. The minimum absolute atomic E-state index is 0.184. The van der Waals surface area contributed by atoms with E-state index in [4.69, 9.17) is 4.43 Å². The summed E-state index contributed by atoms with van der Waals surface area (Å²) in [6.45, 7) is 23.6. The molecule has 0 bridgehead atoms. The number of ketones is 1. The maximum absolute atomic E-state index is 12.7. The lowest BCUT2D eigenvalue weighted by Gasteiger charge is -2.62. The van der Waals surface area contributed by atoms with E-state index in [1.165, 1.54) is 44.9 Å². The zero-order chi connectivity index (χ0) is 27.6. The fourth-order valence-electron chi connectivity index (χ4n) is 9.95. The lowest BCUT2D eigenvalue weighted by Crippen LogP contribution is -2.56. The van der Waals surface area contributed by atoms with Crippen LogP contribution in [-0.4, -0.2) is 31.4 Å². The highest BCUT2D eigenvalue weighted by molar-refractivity contribution is 6.74. The molecule has 0 aliphatic heterocycles. The van der Waals surface area contributed by atoms with Crippen molar-refractivity contribution in [3.05, 3.63) is 0 Å². The van der Waals surface area contributed by atoms with Crippen molar-refractivity contribution in [3.63, 3.8) is 0 Å². The fraction of sp³-hybridized carbons (Fsp3) is 0.970. The Hall–Kier alpha value is -0.193. The van der Waals surface area contributed by atoms with E-state index in [-0.39, 0.29) is 16.6 Å². The van der Waals surface area contributed by atoms with Crippen LogP contribution in [0, 0.1) is 52.3 Å². The van der Waals surface area contributed by atoms with Gasteiger partial charge in [-0.15, -0.1) is 0 Å². The number of hydrogen-bond acceptors (Lipinski definition) is 3. The third kappa shape index (κ3) is 5.43. The van der Waals surface area contributed by atoms with Gasteiger partial charge < -0.3 is 9.53 Å². The van der Waals surface area contributed by atoms with E-state index in [0.29, 0.717) is 59.7 Å². The van der Waals surface area contributed by atoms with Gasteiger partial charge in [-0.05, 0) is 122 Å². The summed E-state index contributed by atoms with van der Waals surface area (Å²) in [5.74, 6) is 4.28. The molecule has 1 N–H and O–H groups in total. The van der Waals surface area contributed by atoms with Crippen LogP contribution in [0.5, 0.6) is 0 Å². The Balaban J connectivity index is 1.46. The Bertz CT molecular complexity index is 830. The molecule has 0 radical (unpaired) electrons. The van der Waals surface area contributed by atoms with Gasteiger partial charge in [0.05, 0.1) is 6.10 Å². The van der Waals surface area contributed by atoms with Crippen LogP contribution in [0.25, 0.3) is 0 Å². The van der Waals surface area contributed by atoms with Crippen LogP contribution >= 0.6 is 0 Å². The lowest BCUT2D eigenvalue weighted by atomic mass is 9.44. The second-order valence-electron chi connectivity index (χ2n) is 16.6. The second kappa shape index (κ2) is 10.3. The molecule has 37 heavy (non-hydrogen) atoms. The molecule has 0 spiro atoms. The van der Waals surface area contributed by atoms with Crippen LogP contribution in [0.15, 0.2) is 0 Å². The number of carbonyl (C=O) groups excluding carboxylic acids is 1. The predicted octanol–water partition coefficient (Wildman–Crippen LogP) is 8.65. The Morgan fingerprint density at radius 3 is 2.24 bits per heavy atom. The van der Waals surface area contributed by atoms with Gasteiger partial charge in [0.2, 0.25) is 0 Å². The zero-order valence-corrected chi connectivity index (χ0v) is 27.0. The lowest BCUT2D eigenvalue weighted by molar-refractivity contribution is -0.142. The monoisotopic (exact) mass is 532 g/mol. The Kier molecular flexibility index (Phi) is 8.31. The summed E-state index contributed by atoms with van der Waals surface area (Å²) in [5.41, 5.74) is 0.581. The summed E-state index contributed by atoms with van der Waals surface area (Å²) in [7, 11) is -1.74. The third-order valence-corrected chi connectivity index (χ3v) is 17.3. The molecule has 4 rings (SSSR count). The third-order valence-electron chi connectivity index (χ3n) is 12.8. The zero-order valence-electron chi connectivity index (χ0n) is 26.0. The highest BCUT2D eigenvalue weighted by Crippen LogP contribution is 2.68. The molecule has 10 atom stereocenters. The standard InChI is InChI=1S/C33H60O3Si/c1-21(2)17-24(34)18-22(3)28-20-29(35)30-26-12-11-23-19-25(36-37(9,10)31(4,5)6)13-15-32(23,7)27(26)14-16-33(28,30)8/h21-23,25-30,35H,11-20H2,1-10H3/t22-,23+,25+,26-,27+,28-,29-,30-,32+,33-/m1/s1. The normalized spacial score (nSPS) is 43.2. The largest absolute Gasteiger partial charge is 0.414 e. The molecule has 0 heterocycles. The van der Waals surface area contributed by atoms with Crippen LogP contribution < -0.4 is 0 Å². The molecular weight excluding hydrogens is 472 g/mol. The smallest absolute Gasteiger partial charge is 0.192 e. The van der Waals surface area contributed by atoms with Gasteiger partial charge in [0, 0.05) is 18.9 Å². The Morgan fingerprint density at radius 2 is 1.62 bits per heavy atom. The average Bonchev–Trinajstić information content (AvgIpc) is 3.03. The van der Waals surface area contributed by atoms with Gasteiger partial charge in [-0.3, -0.25) is 4.79 Å². The predicted molar refractivity (Wildman–Crippen MR) is 157 cm³/mol. The molecule has 0 amide bonds. The van der Waals surface area contributed by atoms with Gasteiger partial charge >= 0.3 is 0 Å². The molecule has 0 unspecified atom stereocenters. The summed E-state index contributed by atoms with van der Waals surface area (Å²) in [6.07, 6.45) is 11.4. The van der Waals surface area contributed by atoms with E-state index < -0.39 is 8.32 Å². The molecule has 4 saturated carbocycles. The summed E-state index contributed by atoms with van der Waals surface area (Å²) < 4.78 is 6.94. The van der Waals surface area contributed by atoms with E-state index in [9.17, 15) is 9.90 Å². The van der Waals surface area contributed by atoms with Crippen LogP contribution in [0.4, 0.5) is 0 Å². The van der Waals surface area contributed by atoms with Gasteiger partial charge in [-0.1, -0.05) is 55.4 Å². The Labute approximate surface area is 230 Å². The first-order chi connectivity index (χ1) is 17.0. The molecule has 0 saturated heterocycles. The van der Waals surface area contributed by atoms with Crippen molar-refractivity contribution in [1.29, 1.82) is 0 Å². The van der Waals surface area contributed by atoms with Crippen molar-refractivity contribution < 1.29 is 14.3 Å². The second-order valence-corrected chi connectivity index (χ2v) is 21.4. The van der Waals surface area contributed by atoms with Gasteiger partial charge in [-0.25, -0.2) is 0 Å². The molecule has 3 nitrogen and oxygen atoms in total. The summed E-state index contributed by atoms with van der Waals surface area (Å²) in [6, 6.07) is 0. The van der Waals surface area contributed by atoms with Crippen molar-refractivity contribution in [2.45, 2.75) is 150 Å². The van der Waals surface area contributed by atoms with Crippen LogP contribution in [0.2, 0.25) is 18.1 Å². The van der Waals surface area contributed by atoms with Gasteiger partial charge in [0.15, 0.2) is 8.32 Å². The van der Waals surface area contributed by atoms with Crippen molar-refractivity contribution in [2.24, 2.45) is 52.3 Å². The summed E-state index contributed by atoms with van der Waals surface area (Å²) in [4.78, 5) is 12.7. The van der Waals surface area contributed by atoms with Crippen LogP contribution in [-0.2, 0) is 9.22 Å². The molecule has 4 aliphatic rings. The molecule has 214 valence electrons. The number of rotatable bonds is 7. The fourth-order valence-corrected chi connectivity index (χ4v) is 11.4. The van der Waals surface area contributed by atoms with E-state index >= 15 is 0 Å². The highest BCUT2D eigenvalue weighted by Gasteiger charge is 2.63. The number of aliphatic hydroxyl groups excluding tert-OH is 1. The van der Waals surface area contributed by atoms with Gasteiger partial charge in [0.25, 0.3) is 0 Å². The Morgan fingerprint density at radius 1 is 0.973 bits per heavy atom. The first-order valence-corrected chi connectivity index (χ1v) is 18.8. The minimum atomic E-state index is -1.74. The van der Waals surface area contributed by atoms with Crippen molar-refractivity contribution >= 4 is 14.1 Å². The molecule has 4 aliphatic carbocycles. The number of aliphatic hydroxyl groups is 1. The first kappa shape index (κ1) is 29.8. The molecule has 0 aromatic heterocycles. The molecule has 4 fully saturated rings. The molecule has 0 aromatic rings. The SMILES string of the molecule is CC(C)CC(=O)C[C@@H](C)[C@H]1C[C@@H](O)[C@H]2[C@@H]3CC[C@H]4C[C@@H](O[Si](C)(C)C(C)(C)C)CC[C@]4(C)[C@H]3CC[C@@]21C. The van der Waals surface area contributed by atoms with Crippen molar-refractivity contribution in [2.75, 3.05) is 0 Å². The summed E-state index contributed by atoms with van der Waals surface area (Å²) in [5, 5.41) is 11.8. The van der Waals surface area contributed by atoms with E-state index in [1.54, 1.807) is 0 Å². The molecule has 0 aromatic carbocycles. The minimum Gasteiger partial charge on any atom is -0.414 e. The first-order valence-electron chi connectivity index (χ1n) is 15.9. The quantitative estimate of drug-likeness (QED) is 0.334. The maximum atomic E-state index is 12.7. The molecule has 4 heteroatoms. The van der Waals surface area contributed by atoms with Gasteiger partial charge in [0.1, 0.15) is 5.78 Å². The molecular formula is C33H60O3Si. The number of hydrogen-bond donors (Lipinski definition) is 1. The maximum Gasteiger partial charge on any atom is 0.192 e. The average molecular weight is 533 g/mol. The number of fused-ring (bicyclic) bond motifs is 5. The van der Waals surface area contributed by atoms with E-state index in [2.05, 4.69) is 68.5 Å². The van der Waals surface area contributed by atoms with Crippen molar-refractivity contribution in [3.8, 4) is 0 Å². The van der Waals surface area contributed by atoms with Crippen LogP contribution in [0.1, 0.15) is 120 Å². The van der Waals surface area contributed by atoms with Crippen LogP contribution in [0.3, 0.4) is 0 Å². The number of carbonyl (C=O) groups is 1. The van der Waals surface area contributed by atoms with E-state index in [0.717, 1.165) is 18.3 Å². The van der Waals surface area contributed by atoms with Gasteiger partial charge in [-0.2, -0.15) is 0 Å². The van der Waals surface area contributed by atoms with Crippen molar-refractivity contribution in [1.82, 2.24) is 0 Å². The summed E-state index contributed by atoms with van der Waals surface area (Å²) >= 11 is 0.